The fraction of sp³-hybridized carbons (Fsp3) is 0.667. The van der Waals surface area contributed by atoms with Gasteiger partial charge in [0.15, 0.2) is 0 Å². The van der Waals surface area contributed by atoms with Crippen LogP contribution in [0.3, 0.4) is 0 Å². The molecule has 17 heavy (non-hydrogen) atoms. The number of hydrogen-bond acceptors (Lipinski definition) is 4. The molecule has 3 N–H and O–H groups in total. The van der Waals surface area contributed by atoms with Crippen LogP contribution < -0.4 is 5.73 Å². The summed E-state index contributed by atoms with van der Waals surface area (Å²) < 4.78 is 5.10. The predicted molar refractivity (Wildman–Crippen MR) is 63.5 cm³/mol. The number of nitrogens with one attached hydrogen (secondary N) is 1. The molecule has 0 aliphatic heterocycles. The largest absolute Gasteiger partial charge is 0.461 e. The van der Waals surface area contributed by atoms with Crippen LogP contribution in [-0.4, -0.2) is 22.5 Å². The second kappa shape index (κ2) is 4.87. The number of hydrogen-bond donors (Lipinski definition) is 2. The quantitative estimate of drug-likeness (QED) is 0.603. The van der Waals surface area contributed by atoms with Crippen LogP contribution in [0.4, 0.5) is 0 Å². The van der Waals surface area contributed by atoms with E-state index < -0.39 is 0 Å². The van der Waals surface area contributed by atoms with E-state index in [-0.39, 0.29) is 11.5 Å². The van der Waals surface area contributed by atoms with Gasteiger partial charge in [-0.15, -0.1) is 0 Å². The summed E-state index contributed by atoms with van der Waals surface area (Å²) in [5, 5.41) is 0. The van der Waals surface area contributed by atoms with Crippen molar-refractivity contribution in [1.82, 2.24) is 9.97 Å². The van der Waals surface area contributed by atoms with Crippen molar-refractivity contribution in [2.45, 2.75) is 44.6 Å². The van der Waals surface area contributed by atoms with Gasteiger partial charge in [-0.05, 0) is 25.7 Å². The molecule has 0 aromatic carbocycles. The topological polar surface area (TPSA) is 81.0 Å². The Hall–Kier alpha value is -1.36. The number of aromatic amines is 1. The molecule has 1 aliphatic rings. The second-order valence-corrected chi connectivity index (χ2v) is 4.64. The number of nitrogens with zero attached hydrogens (tertiary/aromatic N) is 1. The fourth-order valence-electron chi connectivity index (χ4n) is 1.86. The number of esters is 1. The minimum absolute atomic E-state index is 0.347. The van der Waals surface area contributed by atoms with Crippen LogP contribution in [0.2, 0.25) is 0 Å². The summed E-state index contributed by atoms with van der Waals surface area (Å²) in [6, 6.07) is 0. The Kier molecular flexibility index (Phi) is 3.47. The highest BCUT2D eigenvalue weighted by molar-refractivity contribution is 5.87. The minimum atomic E-state index is -0.359. The Morgan fingerprint density at radius 1 is 1.65 bits per heavy atom. The van der Waals surface area contributed by atoms with Crippen LogP contribution >= 0.6 is 0 Å². The third-order valence-electron chi connectivity index (χ3n) is 3.24. The molecule has 0 unspecified atom stereocenters. The molecular weight excluding hydrogens is 218 g/mol. The molecule has 0 radical (unpaired) electrons. The van der Waals surface area contributed by atoms with Gasteiger partial charge in [0.25, 0.3) is 0 Å². The third-order valence-corrected chi connectivity index (χ3v) is 3.24. The maximum absolute atomic E-state index is 11.6. The van der Waals surface area contributed by atoms with Crippen molar-refractivity contribution in [1.29, 1.82) is 0 Å². The van der Waals surface area contributed by atoms with E-state index in [1.807, 2.05) is 0 Å². The van der Waals surface area contributed by atoms with Gasteiger partial charge >= 0.3 is 5.97 Å². The summed E-state index contributed by atoms with van der Waals surface area (Å²) in [4.78, 5) is 18.8. The molecule has 1 heterocycles. The van der Waals surface area contributed by atoms with Crippen molar-refractivity contribution in [2.75, 3.05) is 6.61 Å². The number of nitrogens with two attached hydrogens (primary N) is 1. The van der Waals surface area contributed by atoms with Crippen LogP contribution in [0.15, 0.2) is 6.20 Å². The molecule has 0 saturated heterocycles. The molecule has 1 aromatic rings. The zero-order valence-corrected chi connectivity index (χ0v) is 10.2. The fourth-order valence-corrected chi connectivity index (χ4v) is 1.86. The molecule has 0 amide bonds. The van der Waals surface area contributed by atoms with Crippen LogP contribution in [0.1, 0.15) is 55.3 Å². The first-order chi connectivity index (χ1) is 8.15. The van der Waals surface area contributed by atoms with Gasteiger partial charge in [0, 0.05) is 0 Å². The number of rotatable bonds is 5. The lowest BCUT2D eigenvalue weighted by molar-refractivity contribution is 0.0493. The maximum atomic E-state index is 11.6. The highest BCUT2D eigenvalue weighted by Gasteiger charge is 2.37. The Bertz CT molecular complexity index is 396. The molecule has 0 bridgehead atoms. The van der Waals surface area contributed by atoms with Crippen molar-refractivity contribution < 1.29 is 9.53 Å². The zero-order valence-electron chi connectivity index (χ0n) is 10.2. The van der Waals surface area contributed by atoms with Gasteiger partial charge in [0.2, 0.25) is 0 Å². The number of imidazole rings is 1. The SMILES string of the molecule is CCCCOC(=O)c1cnc(C2(N)CCC2)[nH]1. The van der Waals surface area contributed by atoms with Crippen LogP contribution in [0.25, 0.3) is 0 Å². The summed E-state index contributed by atoms with van der Waals surface area (Å²) in [6.45, 7) is 2.51. The Labute approximate surface area is 101 Å². The van der Waals surface area contributed by atoms with E-state index in [9.17, 15) is 4.79 Å². The van der Waals surface area contributed by atoms with E-state index in [0.29, 0.717) is 18.1 Å². The Morgan fingerprint density at radius 2 is 2.41 bits per heavy atom. The van der Waals surface area contributed by atoms with Gasteiger partial charge in [-0.25, -0.2) is 9.78 Å². The third kappa shape index (κ3) is 2.49. The van der Waals surface area contributed by atoms with Crippen molar-refractivity contribution in [2.24, 2.45) is 5.73 Å². The van der Waals surface area contributed by atoms with E-state index in [2.05, 4.69) is 16.9 Å². The lowest BCUT2D eigenvalue weighted by atomic mass is 9.77. The lowest BCUT2D eigenvalue weighted by Crippen LogP contribution is -2.44. The van der Waals surface area contributed by atoms with E-state index >= 15 is 0 Å². The number of carbonyl (C=O) groups is 1. The first-order valence-corrected chi connectivity index (χ1v) is 6.17. The molecular formula is C12H19N3O2. The number of unbranched alkanes of at least 4 members (excludes halogenated alkanes) is 1. The Balaban J connectivity index is 1.95. The molecule has 1 aliphatic carbocycles. The summed E-state index contributed by atoms with van der Waals surface area (Å²) in [5.74, 6) is 0.353. The van der Waals surface area contributed by atoms with Crippen LogP contribution in [0, 0.1) is 0 Å². The van der Waals surface area contributed by atoms with Crippen LogP contribution in [0.5, 0.6) is 0 Å². The van der Waals surface area contributed by atoms with E-state index in [0.717, 1.165) is 32.1 Å². The second-order valence-electron chi connectivity index (χ2n) is 4.64. The highest BCUT2D eigenvalue weighted by atomic mass is 16.5. The zero-order chi connectivity index (χ0) is 12.3. The number of ether oxygens (including phenoxy) is 1. The van der Waals surface area contributed by atoms with E-state index in [1.54, 1.807) is 0 Å². The van der Waals surface area contributed by atoms with Gasteiger partial charge < -0.3 is 15.5 Å². The van der Waals surface area contributed by atoms with Gasteiger partial charge in [-0.2, -0.15) is 0 Å². The minimum Gasteiger partial charge on any atom is -0.461 e. The molecule has 5 heteroatoms. The summed E-state index contributed by atoms with van der Waals surface area (Å²) >= 11 is 0. The predicted octanol–water partition coefficient (Wildman–Crippen LogP) is 1.70. The summed E-state index contributed by atoms with van der Waals surface area (Å²) in [7, 11) is 0. The molecule has 1 saturated carbocycles. The van der Waals surface area contributed by atoms with Crippen molar-refractivity contribution in [3.8, 4) is 0 Å². The number of carbonyl (C=O) groups excluding carboxylic acids is 1. The first kappa shape index (κ1) is 12.1. The average molecular weight is 237 g/mol. The molecule has 1 fully saturated rings. The van der Waals surface area contributed by atoms with Crippen molar-refractivity contribution >= 4 is 5.97 Å². The van der Waals surface area contributed by atoms with Crippen LogP contribution in [-0.2, 0) is 10.3 Å². The molecule has 0 spiro atoms. The van der Waals surface area contributed by atoms with E-state index in [1.165, 1.54) is 6.20 Å². The monoisotopic (exact) mass is 237 g/mol. The summed E-state index contributed by atoms with van der Waals surface area (Å²) in [5.41, 5.74) is 6.15. The average Bonchev–Trinajstić information content (AvgIpc) is 2.75. The van der Waals surface area contributed by atoms with Crippen molar-refractivity contribution in [3.63, 3.8) is 0 Å². The lowest BCUT2D eigenvalue weighted by Gasteiger charge is -2.35. The first-order valence-electron chi connectivity index (χ1n) is 6.17. The molecule has 1 aromatic heterocycles. The normalized spacial score (nSPS) is 17.5. The van der Waals surface area contributed by atoms with Crippen molar-refractivity contribution in [3.05, 3.63) is 17.7 Å². The summed E-state index contributed by atoms with van der Waals surface area (Å²) in [6.07, 6.45) is 6.36. The van der Waals surface area contributed by atoms with E-state index in [4.69, 9.17) is 10.5 Å². The van der Waals surface area contributed by atoms with Gasteiger partial charge in [-0.1, -0.05) is 13.3 Å². The smallest absolute Gasteiger partial charge is 0.356 e. The molecule has 2 rings (SSSR count). The maximum Gasteiger partial charge on any atom is 0.356 e. The van der Waals surface area contributed by atoms with Gasteiger partial charge in [0.1, 0.15) is 11.5 Å². The Morgan fingerprint density at radius 3 is 3.00 bits per heavy atom. The number of H-pyrrole nitrogens is 1. The van der Waals surface area contributed by atoms with Gasteiger partial charge in [0.05, 0.1) is 18.3 Å². The molecule has 0 atom stereocenters. The van der Waals surface area contributed by atoms with Gasteiger partial charge in [-0.3, -0.25) is 0 Å². The molecule has 5 nitrogen and oxygen atoms in total. The molecule has 94 valence electrons. The highest BCUT2D eigenvalue weighted by Crippen LogP contribution is 2.36. The number of aromatic nitrogens is 2. The standard InChI is InChI=1S/C12H19N3O2/c1-2-3-7-17-10(16)9-8-14-11(15-9)12(13)5-4-6-12/h8H,2-7,13H2,1H3,(H,14,15).